The summed E-state index contributed by atoms with van der Waals surface area (Å²) in [4.78, 5) is 22.7. The van der Waals surface area contributed by atoms with Gasteiger partial charge in [-0.25, -0.2) is 0 Å². The van der Waals surface area contributed by atoms with Gasteiger partial charge in [-0.2, -0.15) is 0 Å². The molecule has 0 saturated carbocycles. The second-order valence-corrected chi connectivity index (χ2v) is 3.01. The summed E-state index contributed by atoms with van der Waals surface area (Å²) in [6, 6.07) is -1.10. The Hall–Kier alpha value is -0.180. The van der Waals surface area contributed by atoms with Gasteiger partial charge in [-0.15, -0.1) is 0 Å². The van der Waals surface area contributed by atoms with Crippen molar-refractivity contribution in [1.82, 2.24) is 4.90 Å². The number of carbonyl (C=O) groups is 2. The minimum atomic E-state index is -1.20. The van der Waals surface area contributed by atoms with Crippen molar-refractivity contribution >= 4 is 11.9 Å². The van der Waals surface area contributed by atoms with Gasteiger partial charge in [0.1, 0.15) is 6.04 Å². The number of amides is 1. The number of aliphatic hydroxyl groups is 2. The number of carboxylic acids is 1. The number of carboxylic acid groups (broad SMARTS) is 1. The van der Waals surface area contributed by atoms with Gasteiger partial charge in [-0.1, -0.05) is 0 Å². The number of primary amides is 1. The molecule has 0 radical (unpaired) electrons. The predicted molar refractivity (Wildman–Crippen MR) is 52.1 cm³/mol. The van der Waals surface area contributed by atoms with Crippen molar-refractivity contribution in [3.8, 4) is 0 Å². The van der Waals surface area contributed by atoms with Crippen LogP contribution in [0.15, 0.2) is 0 Å². The molecule has 0 aliphatic carbocycles. The van der Waals surface area contributed by atoms with Gasteiger partial charge in [0.25, 0.3) is 0 Å². The summed E-state index contributed by atoms with van der Waals surface area (Å²) in [5.41, 5.74) is 4.91. The number of aliphatic hydroxyl groups excluding tert-OH is 2. The molecule has 7 nitrogen and oxygen atoms in total. The zero-order valence-electron chi connectivity index (χ0n) is 10.3. The van der Waals surface area contributed by atoms with Crippen molar-refractivity contribution in [3.05, 3.63) is 0 Å². The third-order valence-electron chi connectivity index (χ3n) is 1.89. The molecule has 0 rings (SSSR count). The molecular formula is C8H17N2NaO5. The minimum absolute atomic E-state index is 0. The van der Waals surface area contributed by atoms with Gasteiger partial charge in [0.2, 0.25) is 5.91 Å². The van der Waals surface area contributed by atoms with Crippen LogP contribution in [0.5, 0.6) is 0 Å². The molecule has 8 heteroatoms. The first kappa shape index (κ1) is 18.2. The normalized spacial score (nSPS) is 11.9. The Kier molecular flexibility index (Phi) is 11.4. The van der Waals surface area contributed by atoms with Gasteiger partial charge in [-0.05, 0) is 0 Å². The molecule has 0 heterocycles. The maximum absolute atomic E-state index is 10.8. The fourth-order valence-electron chi connectivity index (χ4n) is 1.24. The molecular weight excluding hydrogens is 227 g/mol. The van der Waals surface area contributed by atoms with E-state index < -0.39 is 17.9 Å². The van der Waals surface area contributed by atoms with E-state index in [4.69, 9.17) is 21.1 Å². The Morgan fingerprint density at radius 3 is 1.94 bits per heavy atom. The third-order valence-corrected chi connectivity index (χ3v) is 1.89. The first-order valence-corrected chi connectivity index (χ1v) is 4.49. The Balaban J connectivity index is -0.000000980. The van der Waals surface area contributed by atoms with Crippen LogP contribution in [0.25, 0.3) is 0 Å². The van der Waals surface area contributed by atoms with Crippen LogP contribution in [-0.2, 0) is 9.59 Å². The number of carbonyl (C=O) groups excluding carboxylic acids is 1. The second kappa shape index (κ2) is 10.0. The van der Waals surface area contributed by atoms with E-state index in [2.05, 4.69) is 0 Å². The zero-order valence-corrected chi connectivity index (χ0v) is 11.3. The third kappa shape index (κ3) is 7.15. The average molecular weight is 244 g/mol. The summed E-state index contributed by atoms with van der Waals surface area (Å²) in [5.74, 6) is -1.93. The molecule has 16 heavy (non-hydrogen) atoms. The predicted octanol–water partition coefficient (Wildman–Crippen LogP) is -5.28. The maximum Gasteiger partial charge on any atom is 1.00 e. The molecule has 0 bridgehead atoms. The van der Waals surface area contributed by atoms with Crippen molar-refractivity contribution in [3.63, 3.8) is 0 Å². The van der Waals surface area contributed by atoms with Gasteiger partial charge in [-0.3, -0.25) is 14.5 Å². The number of hydrogen-bond donors (Lipinski definition) is 4. The van der Waals surface area contributed by atoms with Crippen molar-refractivity contribution in [2.45, 2.75) is 12.5 Å². The number of hydrogen-bond acceptors (Lipinski definition) is 5. The SMILES string of the molecule is NC(=O)CC(C(=O)O)N(CCO)CCO.[H-].[Na+]. The van der Waals surface area contributed by atoms with Crippen LogP contribution in [-0.4, -0.2) is 64.4 Å². The molecule has 90 valence electrons. The molecule has 0 aliphatic heterocycles. The van der Waals surface area contributed by atoms with E-state index in [9.17, 15) is 9.59 Å². The van der Waals surface area contributed by atoms with Crippen LogP contribution in [0.1, 0.15) is 7.85 Å². The molecule has 1 amide bonds. The molecule has 0 aromatic rings. The van der Waals surface area contributed by atoms with Gasteiger partial charge in [0.15, 0.2) is 0 Å². The largest absolute Gasteiger partial charge is 1.00 e. The zero-order chi connectivity index (χ0) is 11.8. The van der Waals surface area contributed by atoms with E-state index in [0.717, 1.165) is 0 Å². The first-order valence-electron chi connectivity index (χ1n) is 4.49. The van der Waals surface area contributed by atoms with Crippen LogP contribution in [0.2, 0.25) is 0 Å². The molecule has 0 spiro atoms. The van der Waals surface area contributed by atoms with Crippen LogP contribution in [0, 0.1) is 0 Å². The molecule has 0 aromatic heterocycles. The van der Waals surface area contributed by atoms with E-state index in [1.165, 1.54) is 4.90 Å². The Labute approximate surface area is 117 Å². The summed E-state index contributed by atoms with van der Waals surface area (Å²) in [5, 5.41) is 26.2. The number of rotatable bonds is 8. The van der Waals surface area contributed by atoms with Gasteiger partial charge in [0, 0.05) is 13.1 Å². The van der Waals surface area contributed by atoms with Crippen molar-refractivity contribution in [1.29, 1.82) is 0 Å². The number of aliphatic carboxylic acids is 1. The van der Waals surface area contributed by atoms with Gasteiger partial charge in [0.05, 0.1) is 19.6 Å². The smallest absolute Gasteiger partial charge is 1.00 e. The van der Waals surface area contributed by atoms with E-state index in [-0.39, 0.29) is 63.7 Å². The van der Waals surface area contributed by atoms with Crippen LogP contribution < -0.4 is 35.3 Å². The molecule has 1 unspecified atom stereocenters. The number of nitrogens with zero attached hydrogens (tertiary/aromatic N) is 1. The van der Waals surface area contributed by atoms with Gasteiger partial charge < -0.3 is 22.5 Å². The Bertz CT molecular complexity index is 226. The monoisotopic (exact) mass is 244 g/mol. The van der Waals surface area contributed by atoms with E-state index in [0.29, 0.717) is 0 Å². The minimum Gasteiger partial charge on any atom is -1.00 e. The molecule has 5 N–H and O–H groups in total. The summed E-state index contributed by atoms with van der Waals surface area (Å²) in [7, 11) is 0. The standard InChI is InChI=1S/C8H16N2O5.Na.H/c9-7(13)5-6(8(14)15)10(1-3-11)2-4-12;;/h6,11-12H,1-5H2,(H2,9,13)(H,14,15);;/q;+1;-1. The molecule has 0 aromatic carbocycles. The fourth-order valence-corrected chi connectivity index (χ4v) is 1.24. The summed E-state index contributed by atoms with van der Waals surface area (Å²) in [6.07, 6.45) is -0.338. The second-order valence-electron chi connectivity index (χ2n) is 3.01. The van der Waals surface area contributed by atoms with E-state index >= 15 is 0 Å². The summed E-state index contributed by atoms with van der Waals surface area (Å²) in [6.45, 7) is -0.347. The first-order chi connectivity index (χ1) is 7.02. The van der Waals surface area contributed by atoms with Crippen LogP contribution >= 0.6 is 0 Å². The van der Waals surface area contributed by atoms with Crippen LogP contribution in [0.3, 0.4) is 0 Å². The molecule has 1 atom stereocenters. The van der Waals surface area contributed by atoms with E-state index in [1.807, 2.05) is 0 Å². The number of nitrogens with two attached hydrogens (primary N) is 1. The quantitative estimate of drug-likeness (QED) is 0.316. The average Bonchev–Trinajstić information content (AvgIpc) is 2.13. The molecule has 0 aliphatic rings. The summed E-state index contributed by atoms with van der Waals surface area (Å²) < 4.78 is 0. The van der Waals surface area contributed by atoms with Crippen molar-refractivity contribution in [2.24, 2.45) is 5.73 Å². The molecule has 0 fully saturated rings. The van der Waals surface area contributed by atoms with E-state index in [1.54, 1.807) is 0 Å². The topological polar surface area (TPSA) is 124 Å². The van der Waals surface area contributed by atoms with Crippen molar-refractivity contribution in [2.75, 3.05) is 26.3 Å². The molecule has 0 saturated heterocycles. The van der Waals surface area contributed by atoms with Gasteiger partial charge >= 0.3 is 35.5 Å². The Morgan fingerprint density at radius 2 is 1.69 bits per heavy atom. The van der Waals surface area contributed by atoms with Crippen molar-refractivity contribution < 1.29 is 55.9 Å². The Morgan fingerprint density at radius 1 is 1.25 bits per heavy atom. The maximum atomic E-state index is 10.8. The summed E-state index contributed by atoms with van der Waals surface area (Å²) >= 11 is 0. The van der Waals surface area contributed by atoms with Crippen LogP contribution in [0.4, 0.5) is 0 Å². The fraction of sp³-hybridized carbons (Fsp3) is 0.750.